The maximum atomic E-state index is 13.3. The van der Waals surface area contributed by atoms with Crippen LogP contribution >= 0.6 is 11.6 Å². The zero-order valence-corrected chi connectivity index (χ0v) is 20.8. The molecule has 3 heterocycles. The minimum Gasteiger partial charge on any atom is -0.490 e. The summed E-state index contributed by atoms with van der Waals surface area (Å²) in [5.41, 5.74) is 1.17. The predicted molar refractivity (Wildman–Crippen MR) is 130 cm³/mol. The van der Waals surface area contributed by atoms with Crippen LogP contribution in [-0.2, 0) is 4.79 Å². The fraction of sp³-hybridized carbons (Fsp3) is 0.520. The maximum absolute atomic E-state index is 13.3. The smallest absolute Gasteiger partial charge is 0.257 e. The van der Waals surface area contributed by atoms with Crippen LogP contribution in [0.25, 0.3) is 0 Å². The van der Waals surface area contributed by atoms with E-state index in [1.807, 2.05) is 24.0 Å². The van der Waals surface area contributed by atoms with Crippen molar-refractivity contribution in [3.8, 4) is 5.75 Å². The van der Waals surface area contributed by atoms with Gasteiger partial charge in [-0.15, -0.1) is 0 Å². The number of rotatable bonds is 5. The van der Waals surface area contributed by atoms with Gasteiger partial charge in [-0.2, -0.15) is 0 Å². The third kappa shape index (κ3) is 5.85. The standard InChI is InChI=1S/C25H32ClN5O3/c1-17-22(15-27-18(2)28-17)25(33)31-8-7-23(34-21-6-4-5-20(26)14-21)19(16-31)13-24(32)30-11-9-29(3)10-12-30/h4-6,14-15,19,23H,7-13,16H2,1-3H3/t19-,23-/m0/s1. The van der Waals surface area contributed by atoms with Gasteiger partial charge < -0.3 is 19.4 Å². The molecule has 2 amide bonds. The summed E-state index contributed by atoms with van der Waals surface area (Å²) in [5, 5.41) is 0.602. The first kappa shape index (κ1) is 24.4. The van der Waals surface area contributed by atoms with Crippen molar-refractivity contribution in [3.63, 3.8) is 0 Å². The Bertz CT molecular complexity index is 1040. The molecule has 2 fully saturated rings. The first-order valence-electron chi connectivity index (χ1n) is 11.8. The van der Waals surface area contributed by atoms with Crippen molar-refractivity contribution in [2.24, 2.45) is 5.92 Å². The SMILES string of the molecule is Cc1ncc(C(=O)N2CC[C@H](Oc3cccc(Cl)c3)[C@@H](CC(=O)N3CCN(C)CC3)C2)c(C)n1. The molecule has 2 aliphatic rings. The summed E-state index contributed by atoms with van der Waals surface area (Å²) >= 11 is 6.15. The molecular formula is C25H32ClN5O3. The molecule has 0 saturated carbocycles. The molecule has 2 aromatic rings. The van der Waals surface area contributed by atoms with E-state index in [4.69, 9.17) is 16.3 Å². The van der Waals surface area contributed by atoms with Gasteiger partial charge in [-0.25, -0.2) is 9.97 Å². The summed E-state index contributed by atoms with van der Waals surface area (Å²) < 4.78 is 6.30. The van der Waals surface area contributed by atoms with Gasteiger partial charge >= 0.3 is 0 Å². The van der Waals surface area contributed by atoms with Crippen LogP contribution in [0.2, 0.25) is 5.02 Å². The van der Waals surface area contributed by atoms with E-state index in [1.54, 1.807) is 30.2 Å². The van der Waals surface area contributed by atoms with E-state index < -0.39 is 0 Å². The number of likely N-dealkylation sites (N-methyl/N-ethyl adjacent to an activating group) is 1. The number of aryl methyl sites for hydroxylation is 2. The number of halogens is 1. The highest BCUT2D eigenvalue weighted by Crippen LogP contribution is 2.29. The number of ether oxygens (including phenoxy) is 1. The molecule has 0 aliphatic carbocycles. The number of hydrogen-bond acceptors (Lipinski definition) is 6. The number of amides is 2. The Morgan fingerprint density at radius 3 is 2.59 bits per heavy atom. The summed E-state index contributed by atoms with van der Waals surface area (Å²) in [6.07, 6.45) is 2.38. The number of carbonyl (C=O) groups is 2. The van der Waals surface area contributed by atoms with Crippen LogP contribution < -0.4 is 4.74 Å². The molecule has 4 rings (SSSR count). The fourth-order valence-corrected chi connectivity index (χ4v) is 4.81. The highest BCUT2D eigenvalue weighted by molar-refractivity contribution is 6.30. The van der Waals surface area contributed by atoms with Crippen molar-refractivity contribution < 1.29 is 14.3 Å². The Labute approximate surface area is 205 Å². The van der Waals surface area contributed by atoms with Crippen molar-refractivity contribution >= 4 is 23.4 Å². The molecule has 0 radical (unpaired) electrons. The van der Waals surface area contributed by atoms with Crippen molar-refractivity contribution in [1.82, 2.24) is 24.7 Å². The van der Waals surface area contributed by atoms with Crippen molar-refractivity contribution in [1.29, 1.82) is 0 Å². The van der Waals surface area contributed by atoms with Gasteiger partial charge in [0.2, 0.25) is 5.91 Å². The second-order valence-electron chi connectivity index (χ2n) is 9.22. The molecule has 8 nitrogen and oxygen atoms in total. The molecule has 0 bridgehead atoms. The lowest BCUT2D eigenvalue weighted by Crippen LogP contribution is -2.51. The molecule has 34 heavy (non-hydrogen) atoms. The van der Waals surface area contributed by atoms with Gasteiger partial charge in [-0.3, -0.25) is 9.59 Å². The van der Waals surface area contributed by atoms with E-state index in [1.165, 1.54) is 0 Å². The first-order chi connectivity index (χ1) is 16.3. The zero-order chi connectivity index (χ0) is 24.2. The van der Waals surface area contributed by atoms with E-state index in [0.29, 0.717) is 53.8 Å². The number of piperidine rings is 1. The average Bonchev–Trinajstić information content (AvgIpc) is 2.80. The molecule has 1 aromatic carbocycles. The monoisotopic (exact) mass is 485 g/mol. The molecule has 2 saturated heterocycles. The molecule has 0 unspecified atom stereocenters. The van der Waals surface area contributed by atoms with Gasteiger partial charge in [0.05, 0.1) is 11.3 Å². The summed E-state index contributed by atoms with van der Waals surface area (Å²) in [7, 11) is 2.07. The van der Waals surface area contributed by atoms with E-state index in [-0.39, 0.29) is 23.8 Å². The highest BCUT2D eigenvalue weighted by atomic mass is 35.5. The van der Waals surface area contributed by atoms with Crippen molar-refractivity contribution in [2.45, 2.75) is 32.8 Å². The molecule has 9 heteroatoms. The molecule has 2 atom stereocenters. The van der Waals surface area contributed by atoms with Crippen LogP contribution in [-0.4, -0.2) is 88.9 Å². The van der Waals surface area contributed by atoms with Crippen LogP contribution in [0.15, 0.2) is 30.5 Å². The van der Waals surface area contributed by atoms with Gasteiger partial charge in [0.25, 0.3) is 5.91 Å². The molecule has 182 valence electrons. The second kappa shape index (κ2) is 10.7. The molecule has 0 spiro atoms. The van der Waals surface area contributed by atoms with Crippen LogP contribution in [0.4, 0.5) is 0 Å². The topological polar surface area (TPSA) is 78.9 Å². The number of piperazine rings is 1. The molecule has 1 aromatic heterocycles. The quantitative estimate of drug-likeness (QED) is 0.648. The van der Waals surface area contributed by atoms with E-state index in [0.717, 1.165) is 26.2 Å². The zero-order valence-electron chi connectivity index (χ0n) is 20.0. The third-order valence-corrected chi connectivity index (χ3v) is 6.89. The van der Waals surface area contributed by atoms with Crippen LogP contribution in [0.5, 0.6) is 5.75 Å². The number of carbonyl (C=O) groups excluding carboxylic acids is 2. The summed E-state index contributed by atoms with van der Waals surface area (Å²) in [5.74, 6) is 1.20. The van der Waals surface area contributed by atoms with Crippen LogP contribution in [0.3, 0.4) is 0 Å². The Hall–Kier alpha value is -2.71. The average molecular weight is 486 g/mol. The lowest BCUT2D eigenvalue weighted by Gasteiger charge is -2.40. The van der Waals surface area contributed by atoms with Crippen molar-refractivity contribution in [3.05, 3.63) is 52.6 Å². The number of benzene rings is 1. The highest BCUT2D eigenvalue weighted by Gasteiger charge is 2.36. The van der Waals surface area contributed by atoms with Gasteiger partial charge in [0.1, 0.15) is 17.7 Å². The predicted octanol–water partition coefficient (Wildman–Crippen LogP) is 2.82. The Morgan fingerprint density at radius 2 is 1.88 bits per heavy atom. The minimum absolute atomic E-state index is 0.101. The summed E-state index contributed by atoms with van der Waals surface area (Å²) in [4.78, 5) is 41.0. The van der Waals surface area contributed by atoms with Crippen LogP contribution in [0, 0.1) is 19.8 Å². The number of likely N-dealkylation sites (tertiary alicyclic amines) is 1. The van der Waals surface area contributed by atoms with Crippen LogP contribution in [0.1, 0.15) is 34.7 Å². The maximum Gasteiger partial charge on any atom is 0.257 e. The molecule has 2 aliphatic heterocycles. The molecular weight excluding hydrogens is 454 g/mol. The van der Waals surface area contributed by atoms with Crippen molar-refractivity contribution in [2.75, 3.05) is 46.3 Å². The van der Waals surface area contributed by atoms with E-state index >= 15 is 0 Å². The number of nitrogens with zero attached hydrogens (tertiary/aromatic N) is 5. The third-order valence-electron chi connectivity index (χ3n) is 6.66. The first-order valence-corrected chi connectivity index (χ1v) is 12.2. The Morgan fingerprint density at radius 1 is 1.12 bits per heavy atom. The number of aromatic nitrogens is 2. The normalized spacial score (nSPS) is 21.4. The lowest BCUT2D eigenvalue weighted by molar-refractivity contribution is -0.135. The summed E-state index contributed by atoms with van der Waals surface area (Å²) in [6, 6.07) is 7.30. The van der Waals surface area contributed by atoms with E-state index in [2.05, 4.69) is 21.9 Å². The summed E-state index contributed by atoms with van der Waals surface area (Å²) in [6.45, 7) is 7.81. The number of hydrogen-bond donors (Lipinski definition) is 0. The van der Waals surface area contributed by atoms with E-state index in [9.17, 15) is 9.59 Å². The Balaban J connectivity index is 1.50. The lowest BCUT2D eigenvalue weighted by atomic mass is 9.90. The second-order valence-corrected chi connectivity index (χ2v) is 9.65. The van der Waals surface area contributed by atoms with Gasteiger partial charge in [-0.05, 0) is 39.1 Å². The largest absolute Gasteiger partial charge is 0.490 e. The molecule has 0 N–H and O–H groups in total. The fourth-order valence-electron chi connectivity index (χ4n) is 4.63. The minimum atomic E-state index is -0.186. The van der Waals surface area contributed by atoms with Gasteiger partial charge in [-0.1, -0.05) is 17.7 Å². The van der Waals surface area contributed by atoms with Gasteiger partial charge in [0, 0.05) is 69.2 Å². The Kier molecular flexibility index (Phi) is 7.68. The van der Waals surface area contributed by atoms with Gasteiger partial charge in [0.15, 0.2) is 0 Å².